The van der Waals surface area contributed by atoms with Gasteiger partial charge in [-0.15, -0.1) is 0 Å². The van der Waals surface area contributed by atoms with Gasteiger partial charge in [0.05, 0.1) is 11.6 Å². The van der Waals surface area contributed by atoms with E-state index in [2.05, 4.69) is 15.9 Å². The van der Waals surface area contributed by atoms with Crippen LogP contribution in [0, 0.1) is 0 Å². The first-order chi connectivity index (χ1) is 14.4. The van der Waals surface area contributed by atoms with Gasteiger partial charge in [0.15, 0.2) is 0 Å². The standard InChI is InChI=1S/C25H20BrNO3/c1-16(28)25(2)20-15-19(26)13-14-21(20)27(24(25)30)23(29)22(17-9-5-3-6-10-17)18-11-7-4-8-12-18/h3-15,22H,1-2H3/t25-/m1/s1. The highest BCUT2D eigenvalue weighted by atomic mass is 79.9. The van der Waals surface area contributed by atoms with Crippen LogP contribution in [0.15, 0.2) is 83.3 Å². The highest BCUT2D eigenvalue weighted by Crippen LogP contribution is 2.45. The average molecular weight is 462 g/mol. The van der Waals surface area contributed by atoms with E-state index in [1.165, 1.54) is 11.8 Å². The van der Waals surface area contributed by atoms with Crippen molar-refractivity contribution in [1.82, 2.24) is 0 Å². The van der Waals surface area contributed by atoms with Crippen LogP contribution in [0.25, 0.3) is 0 Å². The van der Waals surface area contributed by atoms with Gasteiger partial charge >= 0.3 is 0 Å². The quantitative estimate of drug-likeness (QED) is 0.513. The Hall–Kier alpha value is -3.05. The molecule has 1 heterocycles. The zero-order valence-electron chi connectivity index (χ0n) is 16.6. The highest BCUT2D eigenvalue weighted by Gasteiger charge is 2.54. The molecule has 0 fully saturated rings. The van der Waals surface area contributed by atoms with Crippen molar-refractivity contribution in [2.45, 2.75) is 25.2 Å². The SMILES string of the molecule is CC(=O)[C@@]1(C)C(=O)N(C(=O)C(c2ccccc2)c2ccccc2)c2ccc(Br)cc21. The fraction of sp³-hybridized carbons (Fsp3) is 0.160. The van der Waals surface area contributed by atoms with Crippen LogP contribution in [0.4, 0.5) is 5.69 Å². The van der Waals surface area contributed by atoms with Gasteiger partial charge in [0, 0.05) is 10.0 Å². The van der Waals surface area contributed by atoms with E-state index in [0.29, 0.717) is 11.3 Å². The third-order valence-corrected chi connectivity index (χ3v) is 6.30. The number of imide groups is 1. The Bertz CT molecular complexity index is 1100. The van der Waals surface area contributed by atoms with Crippen molar-refractivity contribution in [2.24, 2.45) is 0 Å². The molecule has 30 heavy (non-hydrogen) atoms. The number of amides is 2. The first-order valence-corrected chi connectivity index (χ1v) is 10.4. The minimum atomic E-state index is -1.40. The first-order valence-electron chi connectivity index (χ1n) is 9.65. The van der Waals surface area contributed by atoms with E-state index >= 15 is 0 Å². The van der Waals surface area contributed by atoms with Crippen molar-refractivity contribution in [3.8, 4) is 0 Å². The van der Waals surface area contributed by atoms with E-state index in [-0.39, 0.29) is 11.7 Å². The second kappa shape index (κ2) is 7.65. The zero-order valence-corrected chi connectivity index (χ0v) is 18.2. The summed E-state index contributed by atoms with van der Waals surface area (Å²) in [5.74, 6) is -1.84. The van der Waals surface area contributed by atoms with Crippen LogP contribution in [0.3, 0.4) is 0 Å². The molecule has 2 amide bonds. The number of carbonyl (C=O) groups excluding carboxylic acids is 3. The molecular weight excluding hydrogens is 442 g/mol. The number of rotatable bonds is 4. The first kappa shape index (κ1) is 20.2. The molecular formula is C25H20BrNO3. The predicted molar refractivity (Wildman–Crippen MR) is 119 cm³/mol. The minimum absolute atomic E-state index is 0.293. The Balaban J connectivity index is 1.89. The summed E-state index contributed by atoms with van der Waals surface area (Å²) in [4.78, 5) is 41.2. The molecule has 4 nitrogen and oxygen atoms in total. The fourth-order valence-electron chi connectivity index (χ4n) is 4.01. The zero-order chi connectivity index (χ0) is 21.5. The molecule has 3 aromatic carbocycles. The van der Waals surface area contributed by atoms with Crippen LogP contribution in [0.2, 0.25) is 0 Å². The van der Waals surface area contributed by atoms with E-state index in [9.17, 15) is 14.4 Å². The molecule has 3 aromatic rings. The molecule has 0 saturated heterocycles. The molecule has 0 N–H and O–H groups in total. The summed E-state index contributed by atoms with van der Waals surface area (Å²) in [5.41, 5.74) is 1.19. The van der Waals surface area contributed by atoms with Gasteiger partial charge < -0.3 is 0 Å². The maximum absolute atomic E-state index is 13.9. The van der Waals surface area contributed by atoms with Crippen LogP contribution >= 0.6 is 15.9 Å². The van der Waals surface area contributed by atoms with Gasteiger partial charge in [0.2, 0.25) is 5.91 Å². The molecule has 0 aliphatic carbocycles. The molecule has 0 spiro atoms. The summed E-state index contributed by atoms with van der Waals surface area (Å²) in [5, 5.41) is 0. The lowest BCUT2D eigenvalue weighted by Crippen LogP contribution is -2.47. The van der Waals surface area contributed by atoms with Crippen molar-refractivity contribution >= 4 is 39.2 Å². The Labute approximate surface area is 183 Å². The number of halogens is 1. The normalized spacial score (nSPS) is 17.9. The lowest BCUT2D eigenvalue weighted by Gasteiger charge is -2.25. The van der Waals surface area contributed by atoms with E-state index in [1.54, 1.807) is 25.1 Å². The molecule has 0 aromatic heterocycles. The Kier molecular flexibility index (Phi) is 5.16. The van der Waals surface area contributed by atoms with Gasteiger partial charge in [-0.3, -0.25) is 14.4 Å². The summed E-state index contributed by atoms with van der Waals surface area (Å²) in [6.07, 6.45) is 0. The number of hydrogen-bond acceptors (Lipinski definition) is 3. The maximum Gasteiger partial charge on any atom is 0.251 e. The number of benzene rings is 3. The molecule has 0 unspecified atom stereocenters. The van der Waals surface area contributed by atoms with Gasteiger partial charge in [-0.05, 0) is 43.2 Å². The predicted octanol–water partition coefficient (Wildman–Crippen LogP) is 5.00. The third-order valence-electron chi connectivity index (χ3n) is 5.81. The third kappa shape index (κ3) is 3.10. The van der Waals surface area contributed by atoms with Crippen LogP contribution in [-0.4, -0.2) is 17.6 Å². The summed E-state index contributed by atoms with van der Waals surface area (Å²) < 4.78 is 0.749. The highest BCUT2D eigenvalue weighted by molar-refractivity contribution is 9.10. The molecule has 1 atom stereocenters. The van der Waals surface area contributed by atoms with Gasteiger partial charge in [0.25, 0.3) is 5.91 Å². The molecule has 1 aliphatic heterocycles. The number of nitrogens with zero attached hydrogens (tertiary/aromatic N) is 1. The minimum Gasteiger partial charge on any atom is -0.298 e. The van der Waals surface area contributed by atoms with Crippen LogP contribution in [0.1, 0.15) is 36.5 Å². The van der Waals surface area contributed by atoms with Gasteiger partial charge in [-0.1, -0.05) is 76.6 Å². The van der Waals surface area contributed by atoms with Crippen molar-refractivity contribution < 1.29 is 14.4 Å². The average Bonchev–Trinajstić information content (AvgIpc) is 2.97. The molecule has 0 saturated carbocycles. The van der Waals surface area contributed by atoms with Gasteiger partial charge in [-0.25, -0.2) is 4.90 Å². The Morgan fingerprint density at radius 3 is 1.93 bits per heavy atom. The largest absolute Gasteiger partial charge is 0.298 e. The van der Waals surface area contributed by atoms with Crippen molar-refractivity contribution in [1.29, 1.82) is 0 Å². The number of Topliss-reactive ketones (excluding diaryl/α,β-unsaturated/α-hetero) is 1. The number of ketones is 1. The summed E-state index contributed by atoms with van der Waals surface area (Å²) in [6.45, 7) is 2.98. The van der Waals surface area contributed by atoms with Crippen molar-refractivity contribution in [3.05, 3.63) is 100 Å². The topological polar surface area (TPSA) is 54.5 Å². The van der Waals surface area contributed by atoms with E-state index < -0.39 is 17.2 Å². The summed E-state index contributed by atoms with van der Waals surface area (Å²) in [6, 6.07) is 24.0. The maximum atomic E-state index is 13.9. The van der Waals surface area contributed by atoms with Gasteiger partial charge in [-0.2, -0.15) is 0 Å². The fourth-order valence-corrected chi connectivity index (χ4v) is 4.37. The van der Waals surface area contributed by atoms with Crippen LogP contribution in [-0.2, 0) is 19.8 Å². The number of carbonyl (C=O) groups is 3. The lowest BCUT2D eigenvalue weighted by atomic mass is 9.80. The molecule has 0 radical (unpaired) electrons. The molecule has 4 rings (SSSR count). The lowest BCUT2D eigenvalue weighted by molar-refractivity contribution is -0.134. The number of hydrogen-bond donors (Lipinski definition) is 0. The second-order valence-electron chi connectivity index (χ2n) is 7.58. The second-order valence-corrected chi connectivity index (χ2v) is 8.49. The Morgan fingerprint density at radius 2 is 1.43 bits per heavy atom. The van der Waals surface area contributed by atoms with Gasteiger partial charge in [0.1, 0.15) is 11.2 Å². The summed E-state index contributed by atoms with van der Waals surface area (Å²) >= 11 is 3.42. The molecule has 1 aliphatic rings. The molecule has 150 valence electrons. The molecule has 5 heteroatoms. The summed E-state index contributed by atoms with van der Waals surface area (Å²) in [7, 11) is 0. The van der Waals surface area contributed by atoms with Crippen LogP contribution < -0.4 is 4.90 Å². The van der Waals surface area contributed by atoms with Crippen molar-refractivity contribution in [3.63, 3.8) is 0 Å². The Morgan fingerprint density at radius 1 is 0.900 bits per heavy atom. The van der Waals surface area contributed by atoms with E-state index in [1.807, 2.05) is 60.7 Å². The van der Waals surface area contributed by atoms with Crippen LogP contribution in [0.5, 0.6) is 0 Å². The van der Waals surface area contributed by atoms with E-state index in [0.717, 1.165) is 15.6 Å². The molecule has 0 bridgehead atoms. The van der Waals surface area contributed by atoms with Crippen molar-refractivity contribution in [2.75, 3.05) is 4.90 Å². The van der Waals surface area contributed by atoms with E-state index in [4.69, 9.17) is 0 Å². The smallest absolute Gasteiger partial charge is 0.251 e. The monoisotopic (exact) mass is 461 g/mol. The number of fused-ring (bicyclic) bond motifs is 1. The number of anilines is 1.